The van der Waals surface area contributed by atoms with Gasteiger partial charge in [0.25, 0.3) is 0 Å². The summed E-state index contributed by atoms with van der Waals surface area (Å²) in [4.78, 5) is 2.45. The third-order valence-electron chi connectivity index (χ3n) is 4.15. The first-order chi connectivity index (χ1) is 6.38. The zero-order chi connectivity index (χ0) is 11.0. The predicted molar refractivity (Wildman–Crippen MR) is 62.3 cm³/mol. The lowest BCUT2D eigenvalue weighted by Crippen LogP contribution is -2.54. The standard InChI is InChI=1S/C12H26N2/c1-6-14(5)12(9-13)8-11(3,4)7-10(12)2/h10H,6-9,13H2,1-5H3. The Balaban J connectivity index is 2.90. The Morgan fingerprint density at radius 2 is 2.00 bits per heavy atom. The van der Waals surface area contributed by atoms with E-state index in [1.807, 2.05) is 0 Å². The van der Waals surface area contributed by atoms with Crippen LogP contribution >= 0.6 is 0 Å². The van der Waals surface area contributed by atoms with Crippen molar-refractivity contribution in [2.75, 3.05) is 20.1 Å². The largest absolute Gasteiger partial charge is 0.329 e. The Morgan fingerprint density at radius 1 is 1.43 bits per heavy atom. The molecule has 2 atom stereocenters. The summed E-state index contributed by atoms with van der Waals surface area (Å²) in [5.74, 6) is 0.715. The highest BCUT2D eigenvalue weighted by Gasteiger charge is 2.49. The molecule has 0 aromatic rings. The van der Waals surface area contributed by atoms with Gasteiger partial charge in [-0.15, -0.1) is 0 Å². The van der Waals surface area contributed by atoms with E-state index < -0.39 is 0 Å². The van der Waals surface area contributed by atoms with Crippen LogP contribution in [-0.2, 0) is 0 Å². The molecule has 2 unspecified atom stereocenters. The Labute approximate surface area is 88.8 Å². The number of nitrogens with zero attached hydrogens (tertiary/aromatic N) is 1. The van der Waals surface area contributed by atoms with E-state index in [1.165, 1.54) is 12.8 Å². The van der Waals surface area contributed by atoms with Gasteiger partial charge in [0, 0.05) is 12.1 Å². The minimum absolute atomic E-state index is 0.248. The molecule has 1 aliphatic rings. The summed E-state index contributed by atoms with van der Waals surface area (Å²) in [5, 5.41) is 0. The zero-order valence-electron chi connectivity index (χ0n) is 10.4. The molecule has 0 bridgehead atoms. The molecule has 1 saturated carbocycles. The molecule has 2 nitrogen and oxygen atoms in total. The molecule has 2 heteroatoms. The molecule has 0 amide bonds. The lowest BCUT2D eigenvalue weighted by molar-refractivity contribution is 0.0915. The van der Waals surface area contributed by atoms with Crippen molar-refractivity contribution in [3.8, 4) is 0 Å². The second-order valence-electron chi connectivity index (χ2n) is 5.77. The number of likely N-dealkylation sites (N-methyl/N-ethyl adjacent to an activating group) is 1. The van der Waals surface area contributed by atoms with Crippen LogP contribution in [0.5, 0.6) is 0 Å². The summed E-state index contributed by atoms with van der Waals surface area (Å²) >= 11 is 0. The van der Waals surface area contributed by atoms with Gasteiger partial charge in [-0.3, -0.25) is 4.90 Å². The van der Waals surface area contributed by atoms with Crippen molar-refractivity contribution in [1.29, 1.82) is 0 Å². The Bertz CT molecular complexity index is 200. The first-order valence-corrected chi connectivity index (χ1v) is 5.79. The Morgan fingerprint density at radius 3 is 2.29 bits per heavy atom. The first-order valence-electron chi connectivity index (χ1n) is 5.79. The van der Waals surface area contributed by atoms with Gasteiger partial charge in [-0.1, -0.05) is 27.7 Å². The highest BCUT2D eigenvalue weighted by Crippen LogP contribution is 2.49. The minimum atomic E-state index is 0.248. The molecule has 0 radical (unpaired) electrons. The smallest absolute Gasteiger partial charge is 0.0359 e. The van der Waals surface area contributed by atoms with Crippen LogP contribution in [0.1, 0.15) is 40.5 Å². The minimum Gasteiger partial charge on any atom is -0.329 e. The monoisotopic (exact) mass is 198 g/mol. The van der Waals surface area contributed by atoms with Gasteiger partial charge in [-0.25, -0.2) is 0 Å². The van der Waals surface area contributed by atoms with Gasteiger partial charge in [0.2, 0.25) is 0 Å². The quantitative estimate of drug-likeness (QED) is 0.752. The van der Waals surface area contributed by atoms with Crippen molar-refractivity contribution >= 4 is 0 Å². The molecule has 0 saturated heterocycles. The molecule has 0 heterocycles. The van der Waals surface area contributed by atoms with Gasteiger partial charge in [0.1, 0.15) is 0 Å². The molecule has 1 fully saturated rings. The van der Waals surface area contributed by atoms with Crippen LogP contribution in [0.3, 0.4) is 0 Å². The van der Waals surface area contributed by atoms with Crippen molar-refractivity contribution in [2.45, 2.75) is 46.1 Å². The third-order valence-corrected chi connectivity index (χ3v) is 4.15. The summed E-state index contributed by atoms with van der Waals surface area (Å²) in [6.07, 6.45) is 2.54. The average molecular weight is 198 g/mol. The molecule has 1 rings (SSSR count). The normalized spacial score (nSPS) is 36.6. The van der Waals surface area contributed by atoms with E-state index in [0.717, 1.165) is 13.1 Å². The Hall–Kier alpha value is -0.0800. The van der Waals surface area contributed by atoms with Crippen LogP contribution < -0.4 is 5.73 Å². The predicted octanol–water partition coefficient (Wildman–Crippen LogP) is 2.09. The topological polar surface area (TPSA) is 29.3 Å². The fourth-order valence-electron chi connectivity index (χ4n) is 3.35. The second kappa shape index (κ2) is 3.82. The highest BCUT2D eigenvalue weighted by atomic mass is 15.2. The number of nitrogens with two attached hydrogens (primary N) is 1. The van der Waals surface area contributed by atoms with E-state index in [-0.39, 0.29) is 5.54 Å². The van der Waals surface area contributed by atoms with Crippen LogP contribution in [0.15, 0.2) is 0 Å². The van der Waals surface area contributed by atoms with Crippen molar-refractivity contribution in [3.63, 3.8) is 0 Å². The molecule has 0 aromatic carbocycles. The van der Waals surface area contributed by atoms with Gasteiger partial charge in [0.05, 0.1) is 0 Å². The number of rotatable bonds is 3. The molecular formula is C12H26N2. The zero-order valence-corrected chi connectivity index (χ0v) is 10.4. The number of hydrogen-bond donors (Lipinski definition) is 1. The molecular weight excluding hydrogens is 172 g/mol. The lowest BCUT2D eigenvalue weighted by Gasteiger charge is -2.41. The molecule has 0 aliphatic heterocycles. The first kappa shape index (κ1) is 12.0. The summed E-state index contributed by atoms with van der Waals surface area (Å²) in [7, 11) is 2.21. The summed E-state index contributed by atoms with van der Waals surface area (Å²) in [5.41, 5.74) is 6.72. The SMILES string of the molecule is CCN(C)C1(CN)CC(C)(C)CC1C. The van der Waals surface area contributed by atoms with Crippen molar-refractivity contribution < 1.29 is 0 Å². The summed E-state index contributed by atoms with van der Waals surface area (Å²) < 4.78 is 0. The third kappa shape index (κ3) is 1.82. The maximum atomic E-state index is 6.02. The Kier molecular flexibility index (Phi) is 3.27. The molecule has 84 valence electrons. The van der Waals surface area contributed by atoms with Gasteiger partial charge >= 0.3 is 0 Å². The average Bonchev–Trinajstić information content (AvgIpc) is 2.35. The van der Waals surface area contributed by atoms with E-state index in [1.54, 1.807) is 0 Å². The van der Waals surface area contributed by atoms with Crippen LogP contribution in [-0.4, -0.2) is 30.6 Å². The maximum Gasteiger partial charge on any atom is 0.0359 e. The van der Waals surface area contributed by atoms with Crippen molar-refractivity contribution in [2.24, 2.45) is 17.1 Å². The molecule has 14 heavy (non-hydrogen) atoms. The lowest BCUT2D eigenvalue weighted by atomic mass is 9.85. The van der Waals surface area contributed by atoms with Crippen LogP contribution in [0.25, 0.3) is 0 Å². The van der Waals surface area contributed by atoms with E-state index in [9.17, 15) is 0 Å². The van der Waals surface area contributed by atoms with E-state index in [0.29, 0.717) is 11.3 Å². The van der Waals surface area contributed by atoms with Crippen molar-refractivity contribution in [1.82, 2.24) is 4.90 Å². The fourth-order valence-corrected chi connectivity index (χ4v) is 3.35. The van der Waals surface area contributed by atoms with E-state index >= 15 is 0 Å². The summed E-state index contributed by atoms with van der Waals surface area (Å²) in [6, 6.07) is 0. The van der Waals surface area contributed by atoms with E-state index in [4.69, 9.17) is 5.73 Å². The molecule has 1 aliphatic carbocycles. The van der Waals surface area contributed by atoms with Crippen molar-refractivity contribution in [3.05, 3.63) is 0 Å². The highest BCUT2D eigenvalue weighted by molar-refractivity contribution is 5.05. The molecule has 0 spiro atoms. The molecule has 0 aromatic heterocycles. The molecule has 2 N–H and O–H groups in total. The van der Waals surface area contributed by atoms with Crippen LogP contribution in [0.2, 0.25) is 0 Å². The van der Waals surface area contributed by atoms with Gasteiger partial charge in [-0.2, -0.15) is 0 Å². The van der Waals surface area contributed by atoms with Crippen LogP contribution in [0.4, 0.5) is 0 Å². The maximum absolute atomic E-state index is 6.02. The fraction of sp³-hybridized carbons (Fsp3) is 1.00. The number of hydrogen-bond acceptors (Lipinski definition) is 2. The second-order valence-corrected chi connectivity index (χ2v) is 5.77. The van der Waals surface area contributed by atoms with E-state index in [2.05, 4.69) is 39.6 Å². The summed E-state index contributed by atoms with van der Waals surface area (Å²) in [6.45, 7) is 11.2. The van der Waals surface area contributed by atoms with Gasteiger partial charge < -0.3 is 5.73 Å². The van der Waals surface area contributed by atoms with Gasteiger partial charge in [-0.05, 0) is 37.8 Å². The van der Waals surface area contributed by atoms with Gasteiger partial charge in [0.15, 0.2) is 0 Å². The van der Waals surface area contributed by atoms with Crippen LogP contribution in [0, 0.1) is 11.3 Å².